The molecule has 1 aromatic heterocycles. The number of rotatable bonds is 4. The van der Waals surface area contributed by atoms with E-state index in [-0.39, 0.29) is 5.56 Å². The van der Waals surface area contributed by atoms with Gasteiger partial charge in [-0.25, -0.2) is 4.79 Å². The number of ether oxygens (including phenoxy) is 1. The van der Waals surface area contributed by atoms with E-state index in [9.17, 15) is 9.59 Å². The molecule has 7 heteroatoms. The Balaban J connectivity index is 2.32. The van der Waals surface area contributed by atoms with E-state index in [1.807, 2.05) is 0 Å². The highest BCUT2D eigenvalue weighted by molar-refractivity contribution is 6.04. The first-order valence-electron chi connectivity index (χ1n) is 5.73. The van der Waals surface area contributed by atoms with Crippen LogP contribution in [0.5, 0.6) is 5.75 Å². The van der Waals surface area contributed by atoms with Crippen molar-refractivity contribution in [2.24, 2.45) is 7.05 Å². The predicted octanol–water partition coefficient (Wildman–Crippen LogP) is 1.38. The van der Waals surface area contributed by atoms with Gasteiger partial charge in [0.05, 0.1) is 18.4 Å². The predicted molar refractivity (Wildman–Crippen MR) is 71.1 cm³/mol. The number of carbonyl (C=O) groups excluding carboxylic acids is 1. The first kappa shape index (κ1) is 13.6. The van der Waals surface area contributed by atoms with Crippen LogP contribution in [0.1, 0.15) is 20.8 Å². The van der Waals surface area contributed by atoms with Gasteiger partial charge in [-0.05, 0) is 24.3 Å². The number of anilines is 1. The molecule has 2 aromatic rings. The Labute approximate surface area is 114 Å². The third-order valence-corrected chi connectivity index (χ3v) is 2.75. The standard InChI is InChI=1S/C13H13N3O4/c1-16-10(5-6-14-16)12(17)15-9-7-8(13(18)19)3-4-11(9)20-2/h3-7H,1-2H3,(H,15,17)(H,18,19). The zero-order chi connectivity index (χ0) is 14.7. The third-order valence-electron chi connectivity index (χ3n) is 2.75. The number of aromatic carboxylic acids is 1. The summed E-state index contributed by atoms with van der Waals surface area (Å²) in [5, 5.41) is 15.5. The van der Waals surface area contributed by atoms with E-state index >= 15 is 0 Å². The van der Waals surface area contributed by atoms with Crippen molar-refractivity contribution in [1.29, 1.82) is 0 Å². The fourth-order valence-corrected chi connectivity index (χ4v) is 1.72. The van der Waals surface area contributed by atoms with Gasteiger partial charge in [0.2, 0.25) is 0 Å². The molecule has 1 heterocycles. The van der Waals surface area contributed by atoms with Gasteiger partial charge in [-0.15, -0.1) is 0 Å². The Bertz CT molecular complexity index is 663. The number of aromatic nitrogens is 2. The highest BCUT2D eigenvalue weighted by Gasteiger charge is 2.14. The van der Waals surface area contributed by atoms with Gasteiger partial charge >= 0.3 is 5.97 Å². The van der Waals surface area contributed by atoms with Crippen molar-refractivity contribution in [3.8, 4) is 5.75 Å². The largest absolute Gasteiger partial charge is 0.495 e. The number of carbonyl (C=O) groups is 2. The number of methoxy groups -OCH3 is 1. The third kappa shape index (κ3) is 2.61. The summed E-state index contributed by atoms with van der Waals surface area (Å²) in [5.41, 5.74) is 0.706. The van der Waals surface area contributed by atoms with Crippen LogP contribution in [0.4, 0.5) is 5.69 Å². The molecule has 0 saturated carbocycles. The van der Waals surface area contributed by atoms with Crippen LogP contribution in [0.15, 0.2) is 30.5 Å². The molecule has 2 N–H and O–H groups in total. The molecule has 0 fully saturated rings. The van der Waals surface area contributed by atoms with Crippen LogP contribution in [0.3, 0.4) is 0 Å². The van der Waals surface area contributed by atoms with E-state index in [0.29, 0.717) is 17.1 Å². The van der Waals surface area contributed by atoms with Crippen molar-refractivity contribution in [3.63, 3.8) is 0 Å². The number of carboxylic acids is 1. The molecule has 0 saturated heterocycles. The molecule has 0 radical (unpaired) electrons. The minimum absolute atomic E-state index is 0.0612. The summed E-state index contributed by atoms with van der Waals surface area (Å²) in [7, 11) is 3.08. The summed E-state index contributed by atoms with van der Waals surface area (Å²) in [4.78, 5) is 23.0. The van der Waals surface area contributed by atoms with Gasteiger partial charge in [0.15, 0.2) is 0 Å². The number of hydrogen-bond acceptors (Lipinski definition) is 4. The van der Waals surface area contributed by atoms with E-state index in [1.165, 1.54) is 36.2 Å². The summed E-state index contributed by atoms with van der Waals surface area (Å²) in [6, 6.07) is 5.79. The Morgan fingerprint density at radius 2 is 2.10 bits per heavy atom. The van der Waals surface area contributed by atoms with Gasteiger partial charge < -0.3 is 15.2 Å². The van der Waals surface area contributed by atoms with E-state index in [0.717, 1.165) is 0 Å². The van der Waals surface area contributed by atoms with E-state index in [4.69, 9.17) is 9.84 Å². The second kappa shape index (κ2) is 5.43. The maximum Gasteiger partial charge on any atom is 0.335 e. The SMILES string of the molecule is COc1ccc(C(=O)O)cc1NC(=O)c1ccnn1C. The molecule has 1 aromatic carbocycles. The lowest BCUT2D eigenvalue weighted by Gasteiger charge is -2.11. The van der Waals surface area contributed by atoms with Crippen molar-refractivity contribution >= 4 is 17.6 Å². The van der Waals surface area contributed by atoms with Crippen LogP contribution in [-0.2, 0) is 7.05 Å². The number of nitrogens with zero attached hydrogens (tertiary/aromatic N) is 2. The molecular formula is C13H13N3O4. The highest BCUT2D eigenvalue weighted by atomic mass is 16.5. The second-order valence-corrected chi connectivity index (χ2v) is 4.01. The topological polar surface area (TPSA) is 93.4 Å². The first-order valence-corrected chi connectivity index (χ1v) is 5.73. The Morgan fingerprint density at radius 3 is 2.65 bits per heavy atom. The smallest absolute Gasteiger partial charge is 0.335 e. The molecule has 1 amide bonds. The number of aryl methyl sites for hydroxylation is 1. The van der Waals surface area contributed by atoms with E-state index < -0.39 is 11.9 Å². The van der Waals surface area contributed by atoms with Crippen LogP contribution in [0.25, 0.3) is 0 Å². The number of nitrogens with one attached hydrogen (secondary N) is 1. The average molecular weight is 275 g/mol. The van der Waals surface area contributed by atoms with E-state index in [1.54, 1.807) is 13.1 Å². The lowest BCUT2D eigenvalue weighted by molar-refractivity contribution is 0.0696. The first-order chi connectivity index (χ1) is 9.52. The fraction of sp³-hybridized carbons (Fsp3) is 0.154. The van der Waals surface area contributed by atoms with Gasteiger partial charge in [0, 0.05) is 13.2 Å². The van der Waals surface area contributed by atoms with Crippen LogP contribution in [-0.4, -0.2) is 33.9 Å². The molecule has 0 aliphatic rings. The summed E-state index contributed by atoms with van der Waals surface area (Å²) >= 11 is 0. The monoisotopic (exact) mass is 275 g/mol. The summed E-state index contributed by atoms with van der Waals surface area (Å²) in [6.07, 6.45) is 1.50. The van der Waals surface area contributed by atoms with Gasteiger partial charge in [0.1, 0.15) is 11.4 Å². The molecule has 2 rings (SSSR count). The van der Waals surface area contributed by atoms with Crippen molar-refractivity contribution in [2.45, 2.75) is 0 Å². The van der Waals surface area contributed by atoms with Crippen LogP contribution in [0, 0.1) is 0 Å². The minimum atomic E-state index is -1.08. The van der Waals surface area contributed by atoms with E-state index in [2.05, 4.69) is 10.4 Å². The van der Waals surface area contributed by atoms with Crippen LogP contribution in [0.2, 0.25) is 0 Å². The second-order valence-electron chi connectivity index (χ2n) is 4.01. The zero-order valence-corrected chi connectivity index (χ0v) is 11.0. The Hall–Kier alpha value is -2.83. The quantitative estimate of drug-likeness (QED) is 0.879. The van der Waals surface area contributed by atoms with Crippen LogP contribution >= 0.6 is 0 Å². The lowest BCUT2D eigenvalue weighted by Crippen LogP contribution is -2.17. The summed E-state index contributed by atoms with van der Waals surface area (Å²) < 4.78 is 6.52. The minimum Gasteiger partial charge on any atom is -0.495 e. The van der Waals surface area contributed by atoms with Gasteiger partial charge in [0.25, 0.3) is 5.91 Å². The number of amides is 1. The van der Waals surface area contributed by atoms with Crippen molar-refractivity contribution < 1.29 is 19.4 Å². The molecule has 0 aliphatic carbocycles. The molecule has 0 aliphatic heterocycles. The number of hydrogen-bond donors (Lipinski definition) is 2. The normalized spacial score (nSPS) is 10.1. The molecule has 104 valence electrons. The summed E-state index contributed by atoms with van der Waals surface area (Å²) in [5.74, 6) is -1.10. The van der Waals surface area contributed by atoms with Crippen LogP contribution < -0.4 is 10.1 Å². The highest BCUT2D eigenvalue weighted by Crippen LogP contribution is 2.26. The molecule has 7 nitrogen and oxygen atoms in total. The average Bonchev–Trinajstić information content (AvgIpc) is 2.84. The molecule has 20 heavy (non-hydrogen) atoms. The molecule has 0 spiro atoms. The van der Waals surface area contributed by atoms with Gasteiger partial charge in [-0.1, -0.05) is 0 Å². The number of benzene rings is 1. The lowest BCUT2D eigenvalue weighted by atomic mass is 10.2. The molecule has 0 unspecified atom stereocenters. The fourth-order valence-electron chi connectivity index (χ4n) is 1.72. The zero-order valence-electron chi connectivity index (χ0n) is 11.0. The van der Waals surface area contributed by atoms with Crippen molar-refractivity contribution in [2.75, 3.05) is 12.4 Å². The maximum absolute atomic E-state index is 12.1. The summed E-state index contributed by atoms with van der Waals surface area (Å²) in [6.45, 7) is 0. The molecule has 0 atom stereocenters. The molecular weight excluding hydrogens is 262 g/mol. The van der Waals surface area contributed by atoms with Gasteiger partial charge in [-0.2, -0.15) is 5.10 Å². The van der Waals surface area contributed by atoms with Crippen molar-refractivity contribution in [3.05, 3.63) is 41.7 Å². The number of carboxylic acid groups (broad SMARTS) is 1. The maximum atomic E-state index is 12.1. The van der Waals surface area contributed by atoms with Gasteiger partial charge in [-0.3, -0.25) is 9.48 Å². The molecule has 0 bridgehead atoms. The Morgan fingerprint density at radius 1 is 1.35 bits per heavy atom. The van der Waals surface area contributed by atoms with Crippen molar-refractivity contribution in [1.82, 2.24) is 9.78 Å². The Kier molecular flexibility index (Phi) is 3.69.